The number of nitrogens with one attached hydrogen (secondary N) is 1. The number of halogens is 1. The molecule has 1 N–H and O–H groups in total. The maximum absolute atomic E-state index is 13.3. The minimum Gasteiger partial charge on any atom is -0.383 e. The van der Waals surface area contributed by atoms with Crippen LogP contribution in [0.3, 0.4) is 0 Å². The Morgan fingerprint density at radius 3 is 2.95 bits per heavy atom. The maximum Gasteiger partial charge on any atom is 0.253 e. The number of amides is 1. The van der Waals surface area contributed by atoms with Gasteiger partial charge in [-0.05, 0) is 50.1 Å². The van der Waals surface area contributed by atoms with Gasteiger partial charge in [-0.3, -0.25) is 4.79 Å². The molecule has 116 valence electrons. The van der Waals surface area contributed by atoms with Gasteiger partial charge in [0.15, 0.2) is 0 Å². The number of benzene rings is 1. The van der Waals surface area contributed by atoms with Crippen molar-refractivity contribution in [1.82, 2.24) is 10.2 Å². The van der Waals surface area contributed by atoms with Gasteiger partial charge < -0.3 is 15.0 Å². The van der Waals surface area contributed by atoms with Gasteiger partial charge in [0.1, 0.15) is 5.82 Å². The molecule has 0 bridgehead atoms. The molecule has 0 saturated carbocycles. The first-order chi connectivity index (χ1) is 10.1. The summed E-state index contributed by atoms with van der Waals surface area (Å²) in [5, 5.41) is 3.40. The highest BCUT2D eigenvalue weighted by Crippen LogP contribution is 2.14. The first kappa shape index (κ1) is 15.9. The van der Waals surface area contributed by atoms with Gasteiger partial charge in [-0.1, -0.05) is 0 Å². The standard InChI is InChI=1S/C16H23FN2O2/c1-12-10-13(5-6-15(12)17)16(20)19(8-9-21-2)11-14-4-3-7-18-14/h5-6,10,14,18H,3-4,7-9,11H2,1-2H3. The smallest absolute Gasteiger partial charge is 0.253 e. The average molecular weight is 294 g/mol. The van der Waals surface area contributed by atoms with E-state index < -0.39 is 0 Å². The van der Waals surface area contributed by atoms with Crippen LogP contribution < -0.4 is 5.32 Å². The van der Waals surface area contributed by atoms with E-state index in [2.05, 4.69) is 5.32 Å². The van der Waals surface area contributed by atoms with Crippen LogP contribution in [-0.4, -0.2) is 50.2 Å². The zero-order valence-electron chi connectivity index (χ0n) is 12.7. The summed E-state index contributed by atoms with van der Waals surface area (Å²) in [5.74, 6) is -0.351. The quantitative estimate of drug-likeness (QED) is 0.872. The number of hydrogen-bond acceptors (Lipinski definition) is 3. The summed E-state index contributed by atoms with van der Waals surface area (Å²) in [5.41, 5.74) is 1.02. The molecule has 1 aliphatic heterocycles. The summed E-state index contributed by atoms with van der Waals surface area (Å²) in [4.78, 5) is 14.4. The second-order valence-electron chi connectivity index (χ2n) is 5.50. The SMILES string of the molecule is COCCN(CC1CCCN1)C(=O)c1ccc(F)c(C)c1. The van der Waals surface area contributed by atoms with Crippen molar-refractivity contribution in [2.45, 2.75) is 25.8 Å². The van der Waals surface area contributed by atoms with Gasteiger partial charge in [-0.15, -0.1) is 0 Å². The van der Waals surface area contributed by atoms with Crippen LogP contribution in [0.2, 0.25) is 0 Å². The van der Waals surface area contributed by atoms with E-state index in [0.29, 0.717) is 36.9 Å². The van der Waals surface area contributed by atoms with Gasteiger partial charge in [0, 0.05) is 31.8 Å². The van der Waals surface area contributed by atoms with Crippen molar-refractivity contribution in [3.63, 3.8) is 0 Å². The third-order valence-electron chi connectivity index (χ3n) is 3.86. The van der Waals surface area contributed by atoms with E-state index in [4.69, 9.17) is 4.74 Å². The molecular weight excluding hydrogens is 271 g/mol. The minimum absolute atomic E-state index is 0.0659. The van der Waals surface area contributed by atoms with E-state index in [0.717, 1.165) is 19.4 Å². The molecule has 0 spiro atoms. The van der Waals surface area contributed by atoms with Crippen molar-refractivity contribution in [1.29, 1.82) is 0 Å². The highest BCUT2D eigenvalue weighted by atomic mass is 19.1. The highest BCUT2D eigenvalue weighted by Gasteiger charge is 2.22. The predicted molar refractivity (Wildman–Crippen MR) is 79.9 cm³/mol. The van der Waals surface area contributed by atoms with Crippen LogP contribution in [0.1, 0.15) is 28.8 Å². The van der Waals surface area contributed by atoms with Crippen LogP contribution in [0.25, 0.3) is 0 Å². The maximum atomic E-state index is 13.3. The lowest BCUT2D eigenvalue weighted by atomic mass is 10.1. The second kappa shape index (κ2) is 7.52. The predicted octanol–water partition coefficient (Wildman–Crippen LogP) is 1.97. The van der Waals surface area contributed by atoms with E-state index in [1.165, 1.54) is 6.07 Å². The van der Waals surface area contributed by atoms with Crippen molar-refractivity contribution in [3.8, 4) is 0 Å². The lowest BCUT2D eigenvalue weighted by Gasteiger charge is -2.26. The summed E-state index contributed by atoms with van der Waals surface area (Å²) in [6.45, 7) is 4.39. The number of hydrogen-bond donors (Lipinski definition) is 1. The third-order valence-corrected chi connectivity index (χ3v) is 3.86. The molecule has 1 aromatic carbocycles. The largest absolute Gasteiger partial charge is 0.383 e. The van der Waals surface area contributed by atoms with Crippen LogP contribution in [-0.2, 0) is 4.74 Å². The molecule has 1 aromatic rings. The van der Waals surface area contributed by atoms with E-state index in [-0.39, 0.29) is 11.7 Å². The zero-order valence-corrected chi connectivity index (χ0v) is 12.7. The Kier molecular flexibility index (Phi) is 5.70. The van der Waals surface area contributed by atoms with Crippen LogP contribution in [0.15, 0.2) is 18.2 Å². The average Bonchev–Trinajstić information content (AvgIpc) is 2.98. The van der Waals surface area contributed by atoms with Gasteiger partial charge in [0.2, 0.25) is 0 Å². The summed E-state index contributed by atoms with van der Waals surface area (Å²) in [6.07, 6.45) is 2.23. The van der Waals surface area contributed by atoms with Gasteiger partial charge in [0.05, 0.1) is 6.61 Å². The molecule has 21 heavy (non-hydrogen) atoms. The Hall–Kier alpha value is -1.46. The Bertz CT molecular complexity index is 487. The monoisotopic (exact) mass is 294 g/mol. The molecule has 1 aliphatic rings. The molecular formula is C16H23FN2O2. The van der Waals surface area contributed by atoms with Crippen molar-refractivity contribution >= 4 is 5.91 Å². The molecule has 0 aromatic heterocycles. The lowest BCUT2D eigenvalue weighted by molar-refractivity contribution is 0.0679. The molecule has 0 aliphatic carbocycles. The summed E-state index contributed by atoms with van der Waals surface area (Å²) in [6, 6.07) is 4.85. The fourth-order valence-electron chi connectivity index (χ4n) is 2.62. The summed E-state index contributed by atoms with van der Waals surface area (Å²) in [7, 11) is 1.62. The molecule has 1 unspecified atom stereocenters. The molecule has 1 atom stereocenters. The Labute approximate surface area is 125 Å². The molecule has 2 rings (SSSR count). The van der Waals surface area contributed by atoms with Crippen LogP contribution in [0.5, 0.6) is 0 Å². The molecule has 5 heteroatoms. The van der Waals surface area contributed by atoms with Crippen molar-refractivity contribution < 1.29 is 13.9 Å². The van der Waals surface area contributed by atoms with E-state index in [1.54, 1.807) is 31.1 Å². The Morgan fingerprint density at radius 2 is 2.33 bits per heavy atom. The second-order valence-corrected chi connectivity index (χ2v) is 5.50. The van der Waals surface area contributed by atoms with Gasteiger partial charge in [-0.25, -0.2) is 4.39 Å². The molecule has 1 saturated heterocycles. The zero-order chi connectivity index (χ0) is 15.2. The van der Waals surface area contributed by atoms with Gasteiger partial charge >= 0.3 is 0 Å². The van der Waals surface area contributed by atoms with Crippen LogP contribution in [0, 0.1) is 12.7 Å². The number of rotatable bonds is 6. The van der Waals surface area contributed by atoms with E-state index in [9.17, 15) is 9.18 Å². The Balaban J connectivity index is 2.09. The summed E-state index contributed by atoms with van der Waals surface area (Å²) < 4.78 is 18.4. The molecule has 4 nitrogen and oxygen atoms in total. The van der Waals surface area contributed by atoms with Gasteiger partial charge in [-0.2, -0.15) is 0 Å². The molecule has 1 amide bonds. The topological polar surface area (TPSA) is 41.6 Å². The Morgan fingerprint density at radius 1 is 1.52 bits per heavy atom. The number of aryl methyl sites for hydroxylation is 1. The molecule has 1 fully saturated rings. The van der Waals surface area contributed by atoms with Gasteiger partial charge in [0.25, 0.3) is 5.91 Å². The highest BCUT2D eigenvalue weighted by molar-refractivity contribution is 5.94. The molecule has 0 radical (unpaired) electrons. The number of carbonyl (C=O) groups is 1. The number of methoxy groups -OCH3 is 1. The number of ether oxygens (including phenoxy) is 1. The number of nitrogens with zero attached hydrogens (tertiary/aromatic N) is 1. The van der Waals surface area contributed by atoms with E-state index >= 15 is 0 Å². The normalized spacial score (nSPS) is 18.0. The summed E-state index contributed by atoms with van der Waals surface area (Å²) >= 11 is 0. The van der Waals surface area contributed by atoms with Crippen molar-refractivity contribution in [2.24, 2.45) is 0 Å². The van der Waals surface area contributed by atoms with Crippen LogP contribution >= 0.6 is 0 Å². The lowest BCUT2D eigenvalue weighted by Crippen LogP contribution is -2.42. The van der Waals surface area contributed by atoms with Crippen LogP contribution in [0.4, 0.5) is 4.39 Å². The minimum atomic E-state index is -0.285. The molecule has 1 heterocycles. The first-order valence-corrected chi connectivity index (χ1v) is 7.39. The third kappa shape index (κ3) is 4.25. The fraction of sp³-hybridized carbons (Fsp3) is 0.562. The van der Waals surface area contributed by atoms with E-state index in [1.807, 2.05) is 0 Å². The van der Waals surface area contributed by atoms with Crippen molar-refractivity contribution in [2.75, 3.05) is 33.4 Å². The fourth-order valence-corrected chi connectivity index (χ4v) is 2.62. The first-order valence-electron chi connectivity index (χ1n) is 7.39. The number of carbonyl (C=O) groups excluding carboxylic acids is 1. The van der Waals surface area contributed by atoms with Crippen molar-refractivity contribution in [3.05, 3.63) is 35.1 Å².